The molecule has 0 spiro atoms. The van der Waals surface area contributed by atoms with Crippen LogP contribution >= 0.6 is 0 Å². The molecule has 0 radical (unpaired) electrons. The molecular formula is C17H20O6. The monoisotopic (exact) mass is 320 g/mol. The normalized spacial score (nSPS) is 20.5. The van der Waals surface area contributed by atoms with E-state index in [4.69, 9.17) is 14.6 Å². The van der Waals surface area contributed by atoms with E-state index in [0.29, 0.717) is 25.0 Å². The maximum Gasteiger partial charge on any atom is 0.311 e. The molecule has 6 nitrogen and oxygen atoms in total. The molecule has 1 fully saturated rings. The van der Waals surface area contributed by atoms with Crippen molar-refractivity contribution in [3.63, 3.8) is 0 Å². The molecule has 1 N–H and O–H groups in total. The topological polar surface area (TPSA) is 89.9 Å². The highest BCUT2D eigenvalue weighted by molar-refractivity contribution is 5.79. The summed E-state index contributed by atoms with van der Waals surface area (Å²) in [6.45, 7) is 0. The van der Waals surface area contributed by atoms with Gasteiger partial charge in [0.05, 0.1) is 18.8 Å². The SMILES string of the molecule is O=C(CCC(=O)OC1CCCC(C(=O)O)C1)Oc1ccccc1. The standard InChI is InChI=1S/C17H20O6/c18-15(22-13-6-2-1-3-7-13)9-10-16(19)23-14-8-4-5-12(11-14)17(20)21/h1-3,6-7,12,14H,4-5,8-11H2,(H,20,21). The van der Waals surface area contributed by atoms with Crippen molar-refractivity contribution in [2.45, 2.75) is 44.6 Å². The Morgan fingerprint density at radius 2 is 1.74 bits per heavy atom. The lowest BCUT2D eigenvalue weighted by Crippen LogP contribution is -2.29. The van der Waals surface area contributed by atoms with Gasteiger partial charge in [-0.1, -0.05) is 18.2 Å². The molecule has 23 heavy (non-hydrogen) atoms. The zero-order valence-corrected chi connectivity index (χ0v) is 12.8. The maximum absolute atomic E-state index is 11.8. The molecule has 2 unspecified atom stereocenters. The Kier molecular flexibility index (Phi) is 6.14. The minimum absolute atomic E-state index is 0.0667. The summed E-state index contributed by atoms with van der Waals surface area (Å²) in [5.41, 5.74) is 0. The van der Waals surface area contributed by atoms with Gasteiger partial charge in [0.25, 0.3) is 0 Å². The van der Waals surface area contributed by atoms with Crippen LogP contribution in [0, 0.1) is 5.92 Å². The molecule has 1 aromatic carbocycles. The summed E-state index contributed by atoms with van der Waals surface area (Å²) in [6.07, 6.45) is 1.85. The summed E-state index contributed by atoms with van der Waals surface area (Å²) in [5.74, 6) is -1.87. The lowest BCUT2D eigenvalue weighted by Gasteiger charge is -2.26. The number of para-hydroxylation sites is 1. The van der Waals surface area contributed by atoms with E-state index in [1.54, 1.807) is 24.3 Å². The summed E-state index contributed by atoms with van der Waals surface area (Å²) in [4.78, 5) is 34.4. The van der Waals surface area contributed by atoms with Crippen molar-refractivity contribution in [1.29, 1.82) is 0 Å². The van der Waals surface area contributed by atoms with Crippen LogP contribution in [0.4, 0.5) is 0 Å². The van der Waals surface area contributed by atoms with Crippen LogP contribution in [0.25, 0.3) is 0 Å². The van der Waals surface area contributed by atoms with Gasteiger partial charge in [0.2, 0.25) is 0 Å². The molecule has 2 rings (SSSR count). The quantitative estimate of drug-likeness (QED) is 0.640. The largest absolute Gasteiger partial charge is 0.481 e. The number of ether oxygens (including phenoxy) is 2. The molecule has 2 atom stereocenters. The summed E-state index contributed by atoms with van der Waals surface area (Å²) < 4.78 is 10.3. The highest BCUT2D eigenvalue weighted by Crippen LogP contribution is 2.26. The third-order valence-electron chi connectivity index (χ3n) is 3.78. The lowest BCUT2D eigenvalue weighted by atomic mass is 9.87. The molecule has 1 saturated carbocycles. The Balaban J connectivity index is 1.70. The van der Waals surface area contributed by atoms with Gasteiger partial charge < -0.3 is 14.6 Å². The number of hydrogen-bond acceptors (Lipinski definition) is 5. The van der Waals surface area contributed by atoms with Gasteiger partial charge in [-0.15, -0.1) is 0 Å². The number of carbonyl (C=O) groups excluding carboxylic acids is 2. The minimum Gasteiger partial charge on any atom is -0.481 e. The molecule has 6 heteroatoms. The second-order valence-corrected chi connectivity index (χ2v) is 5.60. The average molecular weight is 320 g/mol. The van der Waals surface area contributed by atoms with Crippen molar-refractivity contribution >= 4 is 17.9 Å². The van der Waals surface area contributed by atoms with E-state index in [9.17, 15) is 14.4 Å². The molecule has 0 aromatic heterocycles. The number of benzene rings is 1. The zero-order chi connectivity index (χ0) is 16.7. The summed E-state index contributed by atoms with van der Waals surface area (Å²) >= 11 is 0. The van der Waals surface area contributed by atoms with Crippen LogP contribution in [0.15, 0.2) is 30.3 Å². The molecule has 0 bridgehead atoms. The molecular weight excluding hydrogens is 300 g/mol. The third-order valence-corrected chi connectivity index (χ3v) is 3.78. The number of carbonyl (C=O) groups is 3. The summed E-state index contributed by atoms with van der Waals surface area (Å²) in [5, 5.41) is 9.00. The Bertz CT molecular complexity index is 553. The summed E-state index contributed by atoms with van der Waals surface area (Å²) in [6, 6.07) is 8.62. The Morgan fingerprint density at radius 1 is 1.04 bits per heavy atom. The average Bonchev–Trinajstić information content (AvgIpc) is 2.54. The first kappa shape index (κ1) is 17.0. The number of aliphatic carboxylic acids is 1. The Hall–Kier alpha value is -2.37. The van der Waals surface area contributed by atoms with E-state index < -0.39 is 23.8 Å². The van der Waals surface area contributed by atoms with Gasteiger partial charge in [-0.3, -0.25) is 14.4 Å². The molecule has 0 amide bonds. The van der Waals surface area contributed by atoms with Crippen molar-refractivity contribution in [3.8, 4) is 5.75 Å². The second-order valence-electron chi connectivity index (χ2n) is 5.60. The second kappa shape index (κ2) is 8.31. The van der Waals surface area contributed by atoms with Crippen LogP contribution in [0.1, 0.15) is 38.5 Å². The number of rotatable bonds is 6. The van der Waals surface area contributed by atoms with Crippen LogP contribution in [-0.4, -0.2) is 29.1 Å². The fourth-order valence-electron chi connectivity index (χ4n) is 2.60. The lowest BCUT2D eigenvalue weighted by molar-refractivity contribution is -0.156. The molecule has 0 heterocycles. The van der Waals surface area contributed by atoms with Crippen molar-refractivity contribution in [2.24, 2.45) is 5.92 Å². The van der Waals surface area contributed by atoms with Gasteiger partial charge in [0, 0.05) is 0 Å². The Labute approximate surface area is 134 Å². The fourth-order valence-corrected chi connectivity index (χ4v) is 2.60. The molecule has 1 aromatic rings. The van der Waals surface area contributed by atoms with Gasteiger partial charge in [0.1, 0.15) is 11.9 Å². The van der Waals surface area contributed by atoms with Crippen LogP contribution in [0.5, 0.6) is 5.75 Å². The van der Waals surface area contributed by atoms with Crippen molar-refractivity contribution < 1.29 is 29.0 Å². The predicted molar refractivity (Wildman–Crippen MR) is 80.8 cm³/mol. The molecule has 124 valence electrons. The number of hydrogen-bond donors (Lipinski definition) is 1. The van der Waals surface area contributed by atoms with E-state index in [0.717, 1.165) is 6.42 Å². The molecule has 0 aliphatic heterocycles. The molecule has 1 aliphatic carbocycles. The van der Waals surface area contributed by atoms with Crippen molar-refractivity contribution in [3.05, 3.63) is 30.3 Å². The third kappa shape index (κ3) is 5.73. The first-order chi connectivity index (χ1) is 11.0. The van der Waals surface area contributed by atoms with Crippen molar-refractivity contribution in [2.75, 3.05) is 0 Å². The van der Waals surface area contributed by atoms with Crippen LogP contribution in [-0.2, 0) is 19.1 Å². The predicted octanol–water partition coefficient (Wildman–Crippen LogP) is 2.56. The van der Waals surface area contributed by atoms with E-state index in [1.165, 1.54) is 0 Å². The van der Waals surface area contributed by atoms with E-state index >= 15 is 0 Å². The number of carboxylic acids is 1. The first-order valence-corrected chi connectivity index (χ1v) is 7.72. The van der Waals surface area contributed by atoms with Crippen LogP contribution < -0.4 is 4.74 Å². The van der Waals surface area contributed by atoms with Gasteiger partial charge in [-0.25, -0.2) is 0 Å². The highest BCUT2D eigenvalue weighted by Gasteiger charge is 2.29. The van der Waals surface area contributed by atoms with Crippen LogP contribution in [0.2, 0.25) is 0 Å². The smallest absolute Gasteiger partial charge is 0.311 e. The zero-order valence-electron chi connectivity index (χ0n) is 12.8. The maximum atomic E-state index is 11.8. The van der Waals surface area contributed by atoms with E-state index in [1.807, 2.05) is 6.07 Å². The first-order valence-electron chi connectivity index (χ1n) is 7.72. The number of carboxylic acid groups (broad SMARTS) is 1. The Morgan fingerprint density at radius 3 is 2.43 bits per heavy atom. The van der Waals surface area contributed by atoms with Gasteiger partial charge in [-0.05, 0) is 37.8 Å². The molecule has 1 aliphatic rings. The van der Waals surface area contributed by atoms with E-state index in [2.05, 4.69) is 0 Å². The summed E-state index contributed by atoms with van der Waals surface area (Å²) in [7, 11) is 0. The highest BCUT2D eigenvalue weighted by atomic mass is 16.5. The van der Waals surface area contributed by atoms with Crippen molar-refractivity contribution in [1.82, 2.24) is 0 Å². The fraction of sp³-hybridized carbons (Fsp3) is 0.471. The van der Waals surface area contributed by atoms with Crippen LogP contribution in [0.3, 0.4) is 0 Å². The van der Waals surface area contributed by atoms with Gasteiger partial charge in [-0.2, -0.15) is 0 Å². The van der Waals surface area contributed by atoms with Gasteiger partial charge in [0.15, 0.2) is 0 Å². The minimum atomic E-state index is -0.850. The molecule has 0 saturated heterocycles. The number of esters is 2. The van der Waals surface area contributed by atoms with Gasteiger partial charge >= 0.3 is 17.9 Å². The van der Waals surface area contributed by atoms with E-state index in [-0.39, 0.29) is 18.9 Å².